The summed E-state index contributed by atoms with van der Waals surface area (Å²) in [5, 5.41) is 41.7. The summed E-state index contributed by atoms with van der Waals surface area (Å²) in [7, 11) is 0. The number of carbonyl (C=O) groups is 1. The van der Waals surface area contributed by atoms with Crippen LogP contribution >= 0.6 is 0 Å². The molecule has 0 spiro atoms. The normalized spacial score (nSPS) is 44.1. The summed E-state index contributed by atoms with van der Waals surface area (Å²) in [6.45, 7) is 1.41. The molecule has 7 heteroatoms. The highest BCUT2D eigenvalue weighted by Crippen LogP contribution is 2.37. The molecule has 0 unspecified atom stereocenters. The van der Waals surface area contributed by atoms with Gasteiger partial charge in [-0.1, -0.05) is 0 Å². The first kappa shape index (κ1) is 13.7. The number of rotatable bonds is 3. The van der Waals surface area contributed by atoms with Crippen LogP contribution in [0.3, 0.4) is 0 Å². The van der Waals surface area contributed by atoms with Gasteiger partial charge in [0.15, 0.2) is 0 Å². The first-order valence-corrected chi connectivity index (χ1v) is 6.14. The van der Waals surface area contributed by atoms with E-state index in [9.17, 15) is 25.2 Å². The highest BCUT2D eigenvalue weighted by molar-refractivity contribution is 5.72. The predicted molar refractivity (Wildman–Crippen MR) is 61.6 cm³/mol. The first-order valence-electron chi connectivity index (χ1n) is 6.14. The predicted octanol–water partition coefficient (Wildman–Crippen LogP) is -2.98. The van der Waals surface area contributed by atoms with Gasteiger partial charge in [-0.25, -0.2) is 0 Å². The number of nitrogens with zero attached hydrogens (tertiary/aromatic N) is 1. The number of amides is 1. The highest BCUT2D eigenvalue weighted by atomic mass is 16.3. The molecule has 0 saturated carbocycles. The number of hydrogen-bond acceptors (Lipinski definition) is 6. The van der Waals surface area contributed by atoms with Gasteiger partial charge in [0.2, 0.25) is 5.91 Å². The quantitative estimate of drug-likeness (QED) is 0.370. The fourth-order valence-electron chi connectivity index (χ4n) is 3.13. The summed E-state index contributed by atoms with van der Waals surface area (Å²) in [5.74, 6) is -0.222. The number of nitrogens with one attached hydrogen (secondary N) is 1. The number of carbonyl (C=O) groups excluding carboxylic acids is 1. The molecule has 2 saturated heterocycles. The van der Waals surface area contributed by atoms with Crippen molar-refractivity contribution in [1.29, 1.82) is 0 Å². The van der Waals surface area contributed by atoms with Gasteiger partial charge < -0.3 is 25.7 Å². The van der Waals surface area contributed by atoms with E-state index < -0.39 is 30.4 Å². The van der Waals surface area contributed by atoms with E-state index in [0.29, 0.717) is 6.42 Å². The molecule has 0 bridgehead atoms. The Morgan fingerprint density at radius 2 is 2.00 bits per heavy atom. The first-order chi connectivity index (χ1) is 8.47. The molecule has 2 aliphatic rings. The Morgan fingerprint density at radius 3 is 2.56 bits per heavy atom. The van der Waals surface area contributed by atoms with Crippen LogP contribution in [-0.4, -0.2) is 80.8 Å². The van der Waals surface area contributed by atoms with Crippen molar-refractivity contribution in [2.45, 2.75) is 49.8 Å². The Hall–Kier alpha value is -0.730. The van der Waals surface area contributed by atoms with Gasteiger partial charge in [0.1, 0.15) is 0 Å². The molecule has 6 atom stereocenters. The molecule has 0 aromatic rings. The van der Waals surface area contributed by atoms with Crippen LogP contribution < -0.4 is 5.32 Å². The van der Waals surface area contributed by atoms with Crippen molar-refractivity contribution in [2.75, 3.05) is 13.2 Å². The minimum absolute atomic E-state index is 0.149. The monoisotopic (exact) mass is 260 g/mol. The van der Waals surface area contributed by atoms with Gasteiger partial charge in [-0.3, -0.25) is 9.69 Å². The minimum atomic E-state index is -1.06. The number of fused-ring (bicyclic) bond motifs is 1. The number of aliphatic hydroxyl groups is 4. The van der Waals surface area contributed by atoms with Gasteiger partial charge in [0, 0.05) is 19.5 Å². The average molecular weight is 260 g/mol. The van der Waals surface area contributed by atoms with E-state index in [1.807, 2.05) is 0 Å². The second kappa shape index (κ2) is 5.10. The Morgan fingerprint density at radius 1 is 1.33 bits per heavy atom. The lowest BCUT2D eigenvalue weighted by Crippen LogP contribution is -2.49. The molecule has 2 aliphatic heterocycles. The van der Waals surface area contributed by atoms with Crippen LogP contribution in [0.2, 0.25) is 0 Å². The molecular weight excluding hydrogens is 240 g/mol. The summed E-state index contributed by atoms with van der Waals surface area (Å²) in [5.41, 5.74) is 0. The standard InChI is InChI=1S/C11H20N2O5/c1-5(15)12-3-7-10(17)11(18)9-8(16)2-6(4-14)13(7)9/h6-11,14,16-18H,2-4H2,1H3,(H,12,15)/t6-,7+,8-,9-,10+,11-/m0/s1. The van der Waals surface area contributed by atoms with E-state index in [4.69, 9.17) is 0 Å². The number of hydrogen-bond donors (Lipinski definition) is 5. The van der Waals surface area contributed by atoms with Crippen LogP contribution in [0.15, 0.2) is 0 Å². The zero-order valence-electron chi connectivity index (χ0n) is 10.2. The van der Waals surface area contributed by atoms with E-state index in [-0.39, 0.29) is 25.1 Å². The van der Waals surface area contributed by atoms with Crippen molar-refractivity contribution in [3.63, 3.8) is 0 Å². The van der Waals surface area contributed by atoms with E-state index in [2.05, 4.69) is 5.32 Å². The summed E-state index contributed by atoms with van der Waals surface area (Å²) in [4.78, 5) is 12.7. The van der Waals surface area contributed by atoms with Crippen molar-refractivity contribution >= 4 is 5.91 Å². The van der Waals surface area contributed by atoms with Crippen molar-refractivity contribution in [2.24, 2.45) is 0 Å². The third-order valence-electron chi connectivity index (χ3n) is 3.92. The van der Waals surface area contributed by atoms with Gasteiger partial charge in [-0.2, -0.15) is 0 Å². The van der Waals surface area contributed by atoms with Gasteiger partial charge in [0.05, 0.1) is 37.0 Å². The average Bonchev–Trinajstić information content (AvgIpc) is 2.76. The van der Waals surface area contributed by atoms with Crippen molar-refractivity contribution in [3.8, 4) is 0 Å². The molecule has 5 N–H and O–H groups in total. The lowest BCUT2D eigenvalue weighted by molar-refractivity contribution is -0.119. The Balaban J connectivity index is 2.15. The van der Waals surface area contributed by atoms with Crippen LogP contribution in [0.25, 0.3) is 0 Å². The topological polar surface area (TPSA) is 113 Å². The van der Waals surface area contributed by atoms with Crippen LogP contribution in [0.4, 0.5) is 0 Å². The third kappa shape index (κ3) is 2.12. The van der Waals surface area contributed by atoms with E-state index in [1.165, 1.54) is 6.92 Å². The summed E-state index contributed by atoms with van der Waals surface area (Å²) in [6.07, 6.45) is -2.50. The molecule has 2 fully saturated rings. The van der Waals surface area contributed by atoms with Crippen LogP contribution in [0.5, 0.6) is 0 Å². The van der Waals surface area contributed by atoms with Gasteiger partial charge in [-0.05, 0) is 6.42 Å². The smallest absolute Gasteiger partial charge is 0.216 e. The molecule has 1 amide bonds. The maximum atomic E-state index is 10.9. The van der Waals surface area contributed by atoms with E-state index in [1.54, 1.807) is 4.90 Å². The van der Waals surface area contributed by atoms with Crippen LogP contribution in [-0.2, 0) is 4.79 Å². The van der Waals surface area contributed by atoms with E-state index in [0.717, 1.165) is 0 Å². The zero-order chi connectivity index (χ0) is 13.4. The SMILES string of the molecule is CC(=O)NC[C@@H]1[C@@H](O)[C@@H](O)[C@@H]2[C@@H](O)C[C@@H](CO)N21. The van der Waals surface area contributed by atoms with Crippen molar-refractivity contribution in [3.05, 3.63) is 0 Å². The van der Waals surface area contributed by atoms with Crippen LogP contribution in [0.1, 0.15) is 13.3 Å². The number of aliphatic hydroxyl groups excluding tert-OH is 4. The van der Waals surface area contributed by atoms with Crippen LogP contribution in [0, 0.1) is 0 Å². The molecule has 18 heavy (non-hydrogen) atoms. The fourth-order valence-corrected chi connectivity index (χ4v) is 3.13. The molecule has 0 aromatic carbocycles. The second-order valence-corrected chi connectivity index (χ2v) is 5.06. The summed E-state index contributed by atoms with van der Waals surface area (Å²) in [6, 6.07) is -1.35. The molecule has 0 radical (unpaired) electrons. The molecule has 2 heterocycles. The zero-order valence-corrected chi connectivity index (χ0v) is 10.2. The molecule has 0 aromatic heterocycles. The maximum Gasteiger partial charge on any atom is 0.216 e. The highest BCUT2D eigenvalue weighted by Gasteiger charge is 2.56. The lowest BCUT2D eigenvalue weighted by Gasteiger charge is -2.29. The minimum Gasteiger partial charge on any atom is -0.395 e. The summed E-state index contributed by atoms with van der Waals surface area (Å²) >= 11 is 0. The lowest BCUT2D eigenvalue weighted by atomic mass is 10.0. The van der Waals surface area contributed by atoms with Gasteiger partial charge >= 0.3 is 0 Å². The van der Waals surface area contributed by atoms with Gasteiger partial charge in [-0.15, -0.1) is 0 Å². The molecule has 2 rings (SSSR count). The largest absolute Gasteiger partial charge is 0.395 e. The molecule has 7 nitrogen and oxygen atoms in total. The molecular formula is C11H20N2O5. The Bertz CT molecular complexity index is 327. The molecule has 0 aliphatic carbocycles. The van der Waals surface area contributed by atoms with Crippen molar-refractivity contribution < 1.29 is 25.2 Å². The maximum absolute atomic E-state index is 10.9. The van der Waals surface area contributed by atoms with Crippen molar-refractivity contribution in [1.82, 2.24) is 10.2 Å². The third-order valence-corrected chi connectivity index (χ3v) is 3.92. The van der Waals surface area contributed by atoms with Gasteiger partial charge in [0.25, 0.3) is 0 Å². The Labute approximate surface area is 105 Å². The second-order valence-electron chi connectivity index (χ2n) is 5.06. The molecule has 104 valence electrons. The van der Waals surface area contributed by atoms with E-state index >= 15 is 0 Å². The summed E-state index contributed by atoms with van der Waals surface area (Å²) < 4.78 is 0. The fraction of sp³-hybridized carbons (Fsp3) is 0.909. The Kier molecular flexibility index (Phi) is 3.88.